The molecule has 1 N–H and O–H groups in total. The molecule has 1 aromatic heterocycles. The van der Waals surface area contributed by atoms with E-state index in [0.29, 0.717) is 24.3 Å². The third-order valence-corrected chi connectivity index (χ3v) is 4.62. The minimum Gasteiger partial charge on any atom is -0.365 e. The Bertz CT molecular complexity index is 658. The second-order valence-corrected chi connectivity index (χ2v) is 5.90. The van der Waals surface area contributed by atoms with E-state index in [4.69, 9.17) is 0 Å². The van der Waals surface area contributed by atoms with Gasteiger partial charge in [0.25, 0.3) is 5.91 Å². The van der Waals surface area contributed by atoms with Gasteiger partial charge in [-0.3, -0.25) is 4.79 Å². The molecule has 0 spiro atoms. The standard InChI is InChI=1S/C15H16FN3OS/c1-17-15-18-13(9-21-15)14(20)19-7-6-10(8-19)11-4-2-3-5-12(11)16/h2-5,9-10H,6-8H2,1H3,(H,17,18)/t10-/m0/s1. The van der Waals surface area contributed by atoms with Crippen molar-refractivity contribution in [1.29, 1.82) is 0 Å². The van der Waals surface area contributed by atoms with Crippen LogP contribution in [0.3, 0.4) is 0 Å². The Morgan fingerprint density at radius 2 is 2.29 bits per heavy atom. The number of anilines is 1. The van der Waals surface area contributed by atoms with Crippen LogP contribution in [0.4, 0.5) is 9.52 Å². The maximum Gasteiger partial charge on any atom is 0.273 e. The van der Waals surface area contributed by atoms with Crippen molar-refractivity contribution in [2.75, 3.05) is 25.5 Å². The Kier molecular flexibility index (Phi) is 3.88. The molecule has 2 aromatic rings. The molecule has 0 aliphatic carbocycles. The largest absolute Gasteiger partial charge is 0.365 e. The van der Waals surface area contributed by atoms with E-state index < -0.39 is 0 Å². The first kappa shape index (κ1) is 14.0. The van der Waals surface area contributed by atoms with Crippen LogP contribution in [0.5, 0.6) is 0 Å². The predicted molar refractivity (Wildman–Crippen MR) is 81.3 cm³/mol. The summed E-state index contributed by atoms with van der Waals surface area (Å²) in [6.07, 6.45) is 0.787. The minimum absolute atomic E-state index is 0.0672. The highest BCUT2D eigenvalue weighted by molar-refractivity contribution is 7.13. The first-order valence-corrected chi connectivity index (χ1v) is 7.74. The Morgan fingerprint density at radius 3 is 3.00 bits per heavy atom. The molecule has 1 aliphatic rings. The lowest BCUT2D eigenvalue weighted by atomic mass is 9.98. The first-order valence-electron chi connectivity index (χ1n) is 6.86. The van der Waals surface area contributed by atoms with E-state index in [1.54, 1.807) is 29.5 Å². The third-order valence-electron chi connectivity index (χ3n) is 3.76. The van der Waals surface area contributed by atoms with Crippen molar-refractivity contribution in [3.05, 3.63) is 46.7 Å². The third kappa shape index (κ3) is 2.76. The quantitative estimate of drug-likeness (QED) is 0.948. The number of benzene rings is 1. The Labute approximate surface area is 126 Å². The van der Waals surface area contributed by atoms with Crippen molar-refractivity contribution < 1.29 is 9.18 Å². The van der Waals surface area contributed by atoms with Gasteiger partial charge < -0.3 is 10.2 Å². The van der Waals surface area contributed by atoms with Crippen LogP contribution in [0, 0.1) is 5.82 Å². The molecule has 6 heteroatoms. The van der Waals surface area contributed by atoms with Gasteiger partial charge in [-0.15, -0.1) is 11.3 Å². The number of nitrogens with one attached hydrogen (secondary N) is 1. The van der Waals surface area contributed by atoms with Gasteiger partial charge in [-0.05, 0) is 18.1 Å². The van der Waals surface area contributed by atoms with Gasteiger partial charge in [-0.2, -0.15) is 0 Å². The fourth-order valence-corrected chi connectivity index (χ4v) is 3.30. The number of nitrogens with zero attached hydrogens (tertiary/aromatic N) is 2. The molecule has 1 amide bonds. The van der Waals surface area contributed by atoms with E-state index in [2.05, 4.69) is 10.3 Å². The summed E-state index contributed by atoms with van der Waals surface area (Å²) >= 11 is 1.41. The zero-order valence-electron chi connectivity index (χ0n) is 11.7. The summed E-state index contributed by atoms with van der Waals surface area (Å²) in [7, 11) is 1.77. The van der Waals surface area contributed by atoms with Gasteiger partial charge in [0.1, 0.15) is 11.5 Å². The van der Waals surface area contributed by atoms with E-state index in [0.717, 1.165) is 11.6 Å². The van der Waals surface area contributed by atoms with Crippen molar-refractivity contribution in [3.8, 4) is 0 Å². The average Bonchev–Trinajstić information content (AvgIpc) is 3.16. The van der Waals surface area contributed by atoms with Crippen LogP contribution in [-0.2, 0) is 0 Å². The summed E-state index contributed by atoms with van der Waals surface area (Å²) in [6.45, 7) is 1.19. The van der Waals surface area contributed by atoms with Gasteiger partial charge in [-0.25, -0.2) is 9.37 Å². The maximum atomic E-state index is 13.8. The van der Waals surface area contributed by atoms with E-state index in [-0.39, 0.29) is 17.6 Å². The molecule has 0 unspecified atom stereocenters. The molecule has 1 fully saturated rings. The highest BCUT2D eigenvalue weighted by atomic mass is 32.1. The van der Waals surface area contributed by atoms with Crippen LogP contribution in [-0.4, -0.2) is 35.9 Å². The molecule has 4 nitrogen and oxygen atoms in total. The molecule has 1 saturated heterocycles. The van der Waals surface area contributed by atoms with E-state index in [9.17, 15) is 9.18 Å². The van der Waals surface area contributed by atoms with Gasteiger partial charge in [0.15, 0.2) is 5.13 Å². The lowest BCUT2D eigenvalue weighted by Gasteiger charge is -2.15. The van der Waals surface area contributed by atoms with Crippen LogP contribution in [0.1, 0.15) is 28.4 Å². The number of thiazole rings is 1. The minimum atomic E-state index is -0.192. The second-order valence-electron chi connectivity index (χ2n) is 5.05. The summed E-state index contributed by atoms with van der Waals surface area (Å²) in [5.74, 6) is -0.202. The number of amides is 1. The Hall–Kier alpha value is -1.95. The van der Waals surface area contributed by atoms with Crippen molar-refractivity contribution >= 4 is 22.4 Å². The topological polar surface area (TPSA) is 45.2 Å². The molecule has 1 atom stereocenters. The van der Waals surface area contributed by atoms with E-state index in [1.807, 2.05) is 6.07 Å². The molecule has 0 radical (unpaired) electrons. The number of carbonyl (C=O) groups is 1. The lowest BCUT2D eigenvalue weighted by molar-refractivity contribution is 0.0785. The molecule has 0 saturated carbocycles. The van der Waals surface area contributed by atoms with Gasteiger partial charge in [0, 0.05) is 31.4 Å². The summed E-state index contributed by atoms with van der Waals surface area (Å²) in [4.78, 5) is 18.4. The summed E-state index contributed by atoms with van der Waals surface area (Å²) in [5.41, 5.74) is 1.15. The molecule has 3 rings (SSSR count). The van der Waals surface area contributed by atoms with Gasteiger partial charge >= 0.3 is 0 Å². The highest BCUT2D eigenvalue weighted by Gasteiger charge is 2.30. The number of hydrogen-bond acceptors (Lipinski definition) is 4. The van der Waals surface area contributed by atoms with Crippen LogP contribution in [0.25, 0.3) is 0 Å². The first-order chi connectivity index (χ1) is 10.2. The second kappa shape index (κ2) is 5.81. The van der Waals surface area contributed by atoms with Gasteiger partial charge in [-0.1, -0.05) is 18.2 Å². The Balaban J connectivity index is 1.72. The van der Waals surface area contributed by atoms with Gasteiger partial charge in [0.2, 0.25) is 0 Å². The molecule has 1 aromatic carbocycles. The van der Waals surface area contributed by atoms with E-state index in [1.165, 1.54) is 17.4 Å². The lowest BCUT2D eigenvalue weighted by Crippen LogP contribution is -2.28. The molecular weight excluding hydrogens is 289 g/mol. The number of halogens is 1. The van der Waals surface area contributed by atoms with Crippen molar-refractivity contribution in [1.82, 2.24) is 9.88 Å². The fraction of sp³-hybridized carbons (Fsp3) is 0.333. The summed E-state index contributed by atoms with van der Waals surface area (Å²) < 4.78 is 13.8. The van der Waals surface area contributed by atoms with E-state index >= 15 is 0 Å². The number of carbonyl (C=O) groups excluding carboxylic acids is 1. The smallest absolute Gasteiger partial charge is 0.273 e. The van der Waals surface area contributed by atoms with Crippen LogP contribution < -0.4 is 5.32 Å². The van der Waals surface area contributed by atoms with Crippen molar-refractivity contribution in [3.63, 3.8) is 0 Å². The highest BCUT2D eigenvalue weighted by Crippen LogP contribution is 2.30. The van der Waals surface area contributed by atoms with Crippen LogP contribution in [0.2, 0.25) is 0 Å². The predicted octanol–water partition coefficient (Wildman–Crippen LogP) is 2.95. The summed E-state index contributed by atoms with van der Waals surface area (Å²) in [6, 6.07) is 6.79. The number of aromatic nitrogens is 1. The zero-order chi connectivity index (χ0) is 14.8. The zero-order valence-corrected chi connectivity index (χ0v) is 12.5. The normalized spacial score (nSPS) is 18.0. The fourth-order valence-electron chi connectivity index (χ4n) is 2.65. The van der Waals surface area contributed by atoms with Gasteiger partial charge in [0.05, 0.1) is 0 Å². The number of rotatable bonds is 3. The summed E-state index contributed by atoms with van der Waals surface area (Å²) in [5, 5.41) is 5.40. The molecule has 1 aliphatic heterocycles. The molecule has 110 valence electrons. The number of hydrogen-bond donors (Lipinski definition) is 1. The van der Waals surface area contributed by atoms with Crippen molar-refractivity contribution in [2.45, 2.75) is 12.3 Å². The SMILES string of the molecule is CNc1nc(C(=O)N2CC[C@H](c3ccccc3F)C2)cs1. The molecule has 21 heavy (non-hydrogen) atoms. The maximum absolute atomic E-state index is 13.8. The molecule has 0 bridgehead atoms. The van der Waals surface area contributed by atoms with Crippen LogP contribution >= 0.6 is 11.3 Å². The molecular formula is C15H16FN3OS. The number of likely N-dealkylation sites (tertiary alicyclic amines) is 1. The average molecular weight is 305 g/mol. The van der Waals surface area contributed by atoms with Crippen LogP contribution in [0.15, 0.2) is 29.6 Å². The van der Waals surface area contributed by atoms with Crippen molar-refractivity contribution in [2.24, 2.45) is 0 Å². The Morgan fingerprint density at radius 1 is 1.48 bits per heavy atom. The monoisotopic (exact) mass is 305 g/mol. The molecule has 2 heterocycles.